The Bertz CT molecular complexity index is 3280. The van der Waals surface area contributed by atoms with Crippen molar-refractivity contribution in [2.45, 2.75) is 102 Å². The number of anilines is 2. The third-order valence-electron chi connectivity index (χ3n) is 15.7. The fraction of sp³-hybridized carbons (Fsp3) is 0.368. The summed E-state index contributed by atoms with van der Waals surface area (Å²) in [5.41, 5.74) is 8.32. The van der Waals surface area contributed by atoms with Gasteiger partial charge in [-0.2, -0.15) is 5.10 Å². The quantitative estimate of drug-likeness (QED) is 0.0989. The lowest BCUT2D eigenvalue weighted by Crippen LogP contribution is -2.39. The number of nitrogens with zero attached hydrogens (tertiary/aromatic N) is 6. The summed E-state index contributed by atoms with van der Waals surface area (Å²) < 4.78 is 9.47. The van der Waals surface area contributed by atoms with Crippen molar-refractivity contribution in [2.75, 3.05) is 29.9 Å². The van der Waals surface area contributed by atoms with E-state index in [-0.39, 0.29) is 35.4 Å². The van der Waals surface area contributed by atoms with Gasteiger partial charge in [0.05, 0.1) is 33.4 Å². The van der Waals surface area contributed by atoms with E-state index in [1.54, 1.807) is 0 Å². The van der Waals surface area contributed by atoms with Crippen molar-refractivity contribution in [1.82, 2.24) is 30.0 Å². The second-order valence-electron chi connectivity index (χ2n) is 20.1. The second-order valence-corrected chi connectivity index (χ2v) is 21.1. The number of likely N-dealkylation sites (tertiary alicyclic amines) is 1. The number of thiazole rings is 1. The molecule has 1 saturated carbocycles. The lowest BCUT2D eigenvalue weighted by Gasteiger charge is -2.33. The Hall–Kier alpha value is -7.46. The van der Waals surface area contributed by atoms with Crippen LogP contribution in [0, 0.1) is 12.8 Å². The number of carboxylic acid groups (broad SMARTS) is 1. The number of piperidine rings is 2. The van der Waals surface area contributed by atoms with Gasteiger partial charge in [-0.05, 0) is 147 Å². The largest absolute Gasteiger partial charge is 0.490 e. The van der Waals surface area contributed by atoms with Crippen LogP contribution in [0.4, 0.5) is 10.9 Å². The molecule has 3 N–H and O–H groups in total. The topological polar surface area (TPSA) is 189 Å². The first-order chi connectivity index (χ1) is 35.4. The van der Waals surface area contributed by atoms with E-state index in [1.165, 1.54) is 16.9 Å². The number of rotatable bonds is 12. The van der Waals surface area contributed by atoms with Crippen molar-refractivity contribution in [3.8, 4) is 16.9 Å². The van der Waals surface area contributed by atoms with Crippen LogP contribution in [0.15, 0.2) is 91.0 Å². The van der Waals surface area contributed by atoms with E-state index in [2.05, 4.69) is 33.8 Å². The third kappa shape index (κ3) is 9.79. The van der Waals surface area contributed by atoms with Crippen LogP contribution in [0.5, 0.6) is 5.75 Å². The van der Waals surface area contributed by atoms with Crippen molar-refractivity contribution >= 4 is 73.0 Å². The number of imide groups is 1. The summed E-state index contributed by atoms with van der Waals surface area (Å²) in [6.45, 7) is 4.44. The molecular weight excluding hydrogens is 941 g/mol. The van der Waals surface area contributed by atoms with E-state index in [9.17, 15) is 29.1 Å². The van der Waals surface area contributed by atoms with E-state index in [0.29, 0.717) is 78.4 Å². The average Bonchev–Trinajstić information content (AvgIpc) is 3.97. The number of hydrogen-bond donors (Lipinski definition) is 3. The summed E-state index contributed by atoms with van der Waals surface area (Å²) in [6, 6.07) is 29.4. The van der Waals surface area contributed by atoms with Crippen molar-refractivity contribution in [1.29, 1.82) is 0 Å². The Balaban J connectivity index is 0.672. The number of fused-ring (bicyclic) bond motifs is 3. The molecule has 6 heterocycles. The second kappa shape index (κ2) is 20.2. The van der Waals surface area contributed by atoms with Gasteiger partial charge in [-0.1, -0.05) is 59.9 Å². The number of amides is 4. The summed E-state index contributed by atoms with van der Waals surface area (Å²) in [5, 5.41) is 22.2. The van der Waals surface area contributed by atoms with Gasteiger partial charge in [0.2, 0.25) is 17.7 Å². The first-order valence-corrected chi connectivity index (χ1v) is 26.4. The molecule has 7 aromatic rings. The van der Waals surface area contributed by atoms with Crippen molar-refractivity contribution < 1.29 is 33.8 Å². The molecule has 3 fully saturated rings. The minimum atomic E-state index is -1.12. The molecule has 1 atom stereocenters. The van der Waals surface area contributed by atoms with Gasteiger partial charge in [0.15, 0.2) is 10.8 Å². The minimum absolute atomic E-state index is 0.0177. The number of aromatic carboxylic acids is 1. The summed E-state index contributed by atoms with van der Waals surface area (Å²) in [6.07, 6.45) is 8.37. The number of benzene rings is 4. The molecule has 0 radical (unpaired) electrons. The van der Waals surface area contributed by atoms with Crippen LogP contribution in [0.1, 0.15) is 125 Å². The normalized spacial score (nSPS) is 19.5. The molecule has 73 heavy (non-hydrogen) atoms. The first-order valence-electron chi connectivity index (χ1n) is 25.6. The zero-order valence-electron chi connectivity index (χ0n) is 41.1. The van der Waals surface area contributed by atoms with Crippen LogP contribution >= 0.6 is 11.3 Å². The molecular formula is C57H58N8O7S. The number of carbonyl (C=O) groups is 5. The number of para-hydroxylation sites is 1. The SMILES string of the molecule is Cc1c(OC2CCC(CCC(=O)N3CCC(c4ccc5c(C6CCC(=O)NC6=O)nn(C)c5c4)CC3)CC2)cccc1-c1ccc(N2CCc3cccc(C(=O)Nc4nc5ccccc5s4)c3C2)nc1C(=O)O. The number of aromatic nitrogens is 4. The molecule has 3 aliphatic heterocycles. The van der Waals surface area contributed by atoms with E-state index in [1.807, 2.05) is 101 Å². The van der Waals surface area contributed by atoms with Gasteiger partial charge in [-0.25, -0.2) is 14.8 Å². The molecule has 4 amide bonds. The summed E-state index contributed by atoms with van der Waals surface area (Å²) in [5.74, 6) is -0.0574. The molecule has 16 heteroatoms. The molecule has 4 aromatic carbocycles. The highest BCUT2D eigenvalue weighted by Crippen LogP contribution is 2.39. The molecule has 1 unspecified atom stereocenters. The maximum absolute atomic E-state index is 13.7. The Morgan fingerprint density at radius 2 is 1.66 bits per heavy atom. The third-order valence-corrected chi connectivity index (χ3v) is 16.6. The number of carboxylic acids is 1. The first kappa shape index (κ1) is 47.8. The fourth-order valence-electron chi connectivity index (χ4n) is 11.6. The van der Waals surface area contributed by atoms with Gasteiger partial charge in [0.25, 0.3) is 5.91 Å². The molecule has 15 nitrogen and oxygen atoms in total. The highest BCUT2D eigenvalue weighted by Gasteiger charge is 2.33. The molecule has 0 spiro atoms. The van der Waals surface area contributed by atoms with E-state index < -0.39 is 11.9 Å². The van der Waals surface area contributed by atoms with Crippen molar-refractivity contribution in [3.63, 3.8) is 0 Å². The Kier molecular flexibility index (Phi) is 13.2. The lowest BCUT2D eigenvalue weighted by molar-refractivity contribution is -0.134. The van der Waals surface area contributed by atoms with Crippen LogP contribution in [0.25, 0.3) is 32.2 Å². The summed E-state index contributed by atoms with van der Waals surface area (Å²) in [7, 11) is 1.89. The number of nitrogens with one attached hydrogen (secondary N) is 2. The molecule has 1 aliphatic carbocycles. The van der Waals surface area contributed by atoms with Gasteiger partial charge in [-0.3, -0.25) is 34.5 Å². The zero-order valence-corrected chi connectivity index (χ0v) is 41.9. The van der Waals surface area contributed by atoms with E-state index in [4.69, 9.17) is 14.8 Å². The smallest absolute Gasteiger partial charge is 0.355 e. The van der Waals surface area contributed by atoms with Crippen LogP contribution in [-0.2, 0) is 34.4 Å². The fourth-order valence-corrected chi connectivity index (χ4v) is 12.4. The number of carbonyl (C=O) groups excluding carboxylic acids is 4. The van der Waals surface area contributed by atoms with Crippen molar-refractivity contribution in [3.05, 3.63) is 130 Å². The van der Waals surface area contributed by atoms with Crippen molar-refractivity contribution in [2.24, 2.45) is 13.0 Å². The predicted octanol–water partition coefficient (Wildman–Crippen LogP) is 9.71. The summed E-state index contributed by atoms with van der Waals surface area (Å²) in [4.78, 5) is 77.8. The van der Waals surface area contributed by atoms with Gasteiger partial charge in [0, 0.05) is 62.6 Å². The lowest BCUT2D eigenvalue weighted by atomic mass is 9.84. The Morgan fingerprint density at radius 3 is 2.45 bits per heavy atom. The van der Waals surface area contributed by atoms with Gasteiger partial charge in [-0.15, -0.1) is 0 Å². The Labute approximate surface area is 427 Å². The number of pyridine rings is 1. The molecule has 2 saturated heterocycles. The molecule has 0 bridgehead atoms. The predicted molar refractivity (Wildman–Crippen MR) is 280 cm³/mol. The molecule has 3 aromatic heterocycles. The number of aryl methyl sites for hydroxylation is 1. The van der Waals surface area contributed by atoms with Gasteiger partial charge >= 0.3 is 5.97 Å². The van der Waals surface area contributed by atoms with Gasteiger partial charge in [0.1, 0.15) is 11.6 Å². The maximum Gasteiger partial charge on any atom is 0.355 e. The highest BCUT2D eigenvalue weighted by atomic mass is 32.1. The van der Waals surface area contributed by atoms with Crippen LogP contribution in [-0.4, -0.2) is 85.1 Å². The van der Waals surface area contributed by atoms with Gasteiger partial charge < -0.3 is 19.6 Å². The van der Waals surface area contributed by atoms with E-state index >= 15 is 0 Å². The number of ether oxygens (including phenoxy) is 1. The van der Waals surface area contributed by atoms with Crippen LogP contribution in [0.2, 0.25) is 0 Å². The monoisotopic (exact) mass is 998 g/mol. The molecule has 374 valence electrons. The van der Waals surface area contributed by atoms with E-state index in [0.717, 1.165) is 107 Å². The average molecular weight is 999 g/mol. The number of hydrogen-bond acceptors (Lipinski definition) is 11. The molecule has 11 rings (SSSR count). The highest BCUT2D eigenvalue weighted by molar-refractivity contribution is 7.22. The van der Waals surface area contributed by atoms with Crippen LogP contribution < -0.4 is 20.3 Å². The standard InChI is InChI=1S/C57H58N8O7S/c1-33-39(40-20-22-49(59-53(40)56(70)71)65-30-27-36-7-5-9-41(44(36)32-65)54(68)61-57-58-45-10-3-4-12-48(45)73-57)8-6-11-47(33)72-38-17-13-34(14-18-38)15-24-51(67)64-28-25-35(26-29-64)37-16-19-42-46(31-37)63(2)62-52(42)43-21-23-50(66)60-55(43)69/h3-12,16,19-20,22,31,34-35,38,43H,13-15,17-18,21,23-30,32H2,1-2H3,(H,70,71)(H,58,61,68)(H,60,66,69). The minimum Gasteiger partial charge on any atom is -0.490 e. The zero-order chi connectivity index (χ0) is 50.3. The molecule has 4 aliphatic rings. The van der Waals surface area contributed by atoms with Crippen LogP contribution in [0.3, 0.4) is 0 Å². The Morgan fingerprint density at radius 1 is 0.849 bits per heavy atom. The maximum atomic E-state index is 13.7. The summed E-state index contributed by atoms with van der Waals surface area (Å²) >= 11 is 1.43.